The Morgan fingerprint density at radius 1 is 1.30 bits per heavy atom. The van der Waals surface area contributed by atoms with E-state index in [-0.39, 0.29) is 11.7 Å². The van der Waals surface area contributed by atoms with Crippen molar-refractivity contribution < 1.29 is 27.8 Å². The minimum Gasteiger partial charge on any atom is -0.480 e. The van der Waals surface area contributed by atoms with Crippen LogP contribution in [0.1, 0.15) is 25.5 Å². The van der Waals surface area contributed by atoms with Crippen molar-refractivity contribution in [2.24, 2.45) is 5.92 Å². The fourth-order valence-corrected chi connectivity index (χ4v) is 1.56. The number of carbonyl (C=O) groups is 1. The maximum Gasteiger partial charge on any atom is 0.573 e. The lowest BCUT2D eigenvalue weighted by atomic mass is 10.1. The first kappa shape index (κ1) is 16.3. The van der Waals surface area contributed by atoms with Gasteiger partial charge in [-0.25, -0.2) is 0 Å². The van der Waals surface area contributed by atoms with Crippen LogP contribution in [0, 0.1) is 5.92 Å². The minimum atomic E-state index is -4.76. The fourth-order valence-electron chi connectivity index (χ4n) is 1.56. The molecule has 0 amide bonds. The number of hydrogen-bond donors (Lipinski definition) is 2. The zero-order valence-corrected chi connectivity index (χ0v) is 11.1. The van der Waals surface area contributed by atoms with E-state index in [9.17, 15) is 18.0 Å². The molecule has 0 radical (unpaired) electrons. The topological polar surface area (TPSA) is 58.6 Å². The molecule has 112 valence electrons. The van der Waals surface area contributed by atoms with Crippen LogP contribution in [0.25, 0.3) is 0 Å². The van der Waals surface area contributed by atoms with E-state index in [4.69, 9.17) is 5.11 Å². The number of aliphatic carboxylic acids is 1. The lowest BCUT2D eigenvalue weighted by molar-refractivity contribution is -0.274. The molecule has 0 aliphatic carbocycles. The van der Waals surface area contributed by atoms with E-state index >= 15 is 0 Å². The van der Waals surface area contributed by atoms with Gasteiger partial charge in [-0.3, -0.25) is 4.79 Å². The third-order valence-electron chi connectivity index (χ3n) is 2.42. The van der Waals surface area contributed by atoms with Crippen molar-refractivity contribution >= 4 is 5.97 Å². The standard InChI is InChI=1S/C13H16F3NO3/c1-8(2)7-17-11(12(18)19)9-3-5-10(6-4-9)20-13(14,15)16/h3-6,8,11,17H,7H2,1-2H3,(H,18,19). The lowest BCUT2D eigenvalue weighted by Crippen LogP contribution is -2.31. The van der Waals surface area contributed by atoms with Crippen molar-refractivity contribution in [3.63, 3.8) is 0 Å². The van der Waals surface area contributed by atoms with Gasteiger partial charge in [-0.15, -0.1) is 13.2 Å². The van der Waals surface area contributed by atoms with Crippen molar-refractivity contribution in [2.75, 3.05) is 6.54 Å². The molecular weight excluding hydrogens is 275 g/mol. The summed E-state index contributed by atoms with van der Waals surface area (Å²) in [4.78, 5) is 11.2. The molecule has 0 saturated carbocycles. The molecule has 20 heavy (non-hydrogen) atoms. The average molecular weight is 291 g/mol. The number of ether oxygens (including phenoxy) is 1. The fraction of sp³-hybridized carbons (Fsp3) is 0.462. The molecule has 0 aromatic heterocycles. The van der Waals surface area contributed by atoms with E-state index < -0.39 is 18.4 Å². The summed E-state index contributed by atoms with van der Waals surface area (Å²) in [7, 11) is 0. The highest BCUT2D eigenvalue weighted by atomic mass is 19.4. The molecule has 0 saturated heterocycles. The monoisotopic (exact) mass is 291 g/mol. The molecule has 1 unspecified atom stereocenters. The normalized spacial score (nSPS) is 13.3. The van der Waals surface area contributed by atoms with Gasteiger partial charge in [0, 0.05) is 0 Å². The molecule has 2 N–H and O–H groups in total. The third-order valence-corrected chi connectivity index (χ3v) is 2.42. The summed E-state index contributed by atoms with van der Waals surface area (Å²) in [6, 6.07) is 3.82. The first-order chi connectivity index (χ1) is 9.19. The molecule has 0 heterocycles. The Labute approximate surface area is 114 Å². The highest BCUT2D eigenvalue weighted by Gasteiger charge is 2.31. The summed E-state index contributed by atoms with van der Waals surface area (Å²) in [6.45, 7) is 4.33. The summed E-state index contributed by atoms with van der Waals surface area (Å²) in [5, 5.41) is 12.0. The average Bonchev–Trinajstić information content (AvgIpc) is 2.28. The second kappa shape index (κ2) is 6.60. The largest absolute Gasteiger partial charge is 0.573 e. The van der Waals surface area contributed by atoms with E-state index in [1.54, 1.807) is 0 Å². The van der Waals surface area contributed by atoms with Crippen LogP contribution in [0.3, 0.4) is 0 Å². The molecule has 0 fully saturated rings. The van der Waals surface area contributed by atoms with Crippen LogP contribution in [-0.2, 0) is 4.79 Å². The number of halogens is 3. The summed E-state index contributed by atoms with van der Waals surface area (Å²) in [5.74, 6) is -1.21. The molecule has 0 aliphatic heterocycles. The van der Waals surface area contributed by atoms with Gasteiger partial charge in [0.05, 0.1) is 0 Å². The molecular formula is C13H16F3NO3. The Kier molecular flexibility index (Phi) is 5.38. The Morgan fingerprint density at radius 3 is 2.25 bits per heavy atom. The molecule has 1 aromatic rings. The van der Waals surface area contributed by atoms with Crippen molar-refractivity contribution in [2.45, 2.75) is 26.3 Å². The molecule has 0 bridgehead atoms. The summed E-state index contributed by atoms with van der Waals surface area (Å²) in [5.41, 5.74) is 0.368. The number of rotatable bonds is 6. The smallest absolute Gasteiger partial charge is 0.480 e. The van der Waals surface area contributed by atoms with Gasteiger partial charge < -0.3 is 15.2 Å². The maximum atomic E-state index is 12.0. The zero-order chi connectivity index (χ0) is 15.3. The third kappa shape index (κ3) is 5.48. The quantitative estimate of drug-likeness (QED) is 0.846. The second-order valence-electron chi connectivity index (χ2n) is 4.69. The first-order valence-electron chi connectivity index (χ1n) is 6.01. The molecule has 0 aliphatic rings. The summed E-state index contributed by atoms with van der Waals surface area (Å²) < 4.78 is 39.8. The minimum absolute atomic E-state index is 0.254. The van der Waals surface area contributed by atoms with E-state index in [2.05, 4.69) is 10.1 Å². The van der Waals surface area contributed by atoms with Gasteiger partial charge in [0.15, 0.2) is 0 Å². The van der Waals surface area contributed by atoms with Gasteiger partial charge in [0.2, 0.25) is 0 Å². The van der Waals surface area contributed by atoms with Crippen molar-refractivity contribution in [3.05, 3.63) is 29.8 Å². The summed E-state index contributed by atoms with van der Waals surface area (Å²) >= 11 is 0. The van der Waals surface area contributed by atoms with Gasteiger partial charge in [0.25, 0.3) is 0 Å². The maximum absolute atomic E-state index is 12.0. The van der Waals surface area contributed by atoms with Crippen LogP contribution in [0.2, 0.25) is 0 Å². The highest BCUT2D eigenvalue weighted by molar-refractivity contribution is 5.75. The predicted octanol–water partition coefficient (Wildman–Crippen LogP) is 2.96. The van der Waals surface area contributed by atoms with Crippen molar-refractivity contribution in [1.82, 2.24) is 5.32 Å². The van der Waals surface area contributed by atoms with E-state index in [1.807, 2.05) is 13.8 Å². The predicted molar refractivity (Wildman–Crippen MR) is 66.3 cm³/mol. The first-order valence-corrected chi connectivity index (χ1v) is 6.01. The van der Waals surface area contributed by atoms with Crippen molar-refractivity contribution in [1.29, 1.82) is 0 Å². The second-order valence-corrected chi connectivity index (χ2v) is 4.69. The van der Waals surface area contributed by atoms with Gasteiger partial charge in [-0.2, -0.15) is 0 Å². The Hall–Kier alpha value is -1.76. The molecule has 1 atom stereocenters. The lowest BCUT2D eigenvalue weighted by Gasteiger charge is -2.17. The number of benzene rings is 1. The van der Waals surface area contributed by atoms with Crippen LogP contribution in [0.5, 0.6) is 5.75 Å². The summed E-state index contributed by atoms with van der Waals surface area (Å²) in [6.07, 6.45) is -4.76. The number of hydrogen-bond acceptors (Lipinski definition) is 3. The van der Waals surface area contributed by atoms with Crippen LogP contribution < -0.4 is 10.1 Å². The molecule has 0 spiro atoms. The molecule has 7 heteroatoms. The van der Waals surface area contributed by atoms with Gasteiger partial charge in [0.1, 0.15) is 11.8 Å². The Balaban J connectivity index is 2.80. The number of carboxylic acid groups (broad SMARTS) is 1. The molecule has 1 rings (SSSR count). The van der Waals surface area contributed by atoms with Crippen LogP contribution in [-0.4, -0.2) is 24.0 Å². The Morgan fingerprint density at radius 2 is 1.85 bits per heavy atom. The molecule has 4 nitrogen and oxygen atoms in total. The van der Waals surface area contributed by atoms with Gasteiger partial charge in [-0.05, 0) is 30.2 Å². The van der Waals surface area contributed by atoms with E-state index in [1.165, 1.54) is 12.1 Å². The Bertz CT molecular complexity index is 443. The SMILES string of the molecule is CC(C)CNC(C(=O)O)c1ccc(OC(F)(F)F)cc1. The van der Waals surface area contributed by atoms with E-state index in [0.29, 0.717) is 12.1 Å². The van der Waals surface area contributed by atoms with Gasteiger partial charge >= 0.3 is 12.3 Å². The van der Waals surface area contributed by atoms with Crippen LogP contribution >= 0.6 is 0 Å². The zero-order valence-electron chi connectivity index (χ0n) is 11.1. The number of nitrogens with one attached hydrogen (secondary N) is 1. The van der Waals surface area contributed by atoms with E-state index in [0.717, 1.165) is 12.1 Å². The van der Waals surface area contributed by atoms with Crippen molar-refractivity contribution in [3.8, 4) is 5.75 Å². The number of alkyl halides is 3. The highest BCUT2D eigenvalue weighted by Crippen LogP contribution is 2.24. The van der Waals surface area contributed by atoms with Gasteiger partial charge in [-0.1, -0.05) is 26.0 Å². The molecule has 1 aromatic carbocycles. The van der Waals surface area contributed by atoms with Crippen LogP contribution in [0.15, 0.2) is 24.3 Å². The number of carboxylic acids is 1. The van der Waals surface area contributed by atoms with Crippen LogP contribution in [0.4, 0.5) is 13.2 Å².